The van der Waals surface area contributed by atoms with Gasteiger partial charge in [0, 0.05) is 17.1 Å². The Kier molecular flexibility index (Phi) is 7.46. The Bertz CT molecular complexity index is 1670. The van der Waals surface area contributed by atoms with Crippen molar-refractivity contribution in [1.29, 1.82) is 0 Å². The van der Waals surface area contributed by atoms with Crippen molar-refractivity contribution in [3.63, 3.8) is 0 Å². The lowest BCUT2D eigenvalue weighted by Gasteiger charge is -2.10. The van der Waals surface area contributed by atoms with Crippen LogP contribution in [0.3, 0.4) is 0 Å². The molecule has 0 fully saturated rings. The minimum absolute atomic E-state index is 0.0228. The van der Waals surface area contributed by atoms with Crippen molar-refractivity contribution in [2.24, 2.45) is 0 Å². The third kappa shape index (κ3) is 6.17. The molecule has 0 saturated heterocycles. The number of anilines is 3. The summed E-state index contributed by atoms with van der Waals surface area (Å²) in [4.78, 5) is 23.1. The van der Waals surface area contributed by atoms with E-state index in [1.807, 2.05) is 0 Å². The van der Waals surface area contributed by atoms with Crippen LogP contribution < -0.4 is 15.4 Å². The number of carboxylic acids is 1. The maximum absolute atomic E-state index is 13.0. The molecular formula is C26H21N3O7S2. The van der Waals surface area contributed by atoms with Gasteiger partial charge in [-0.05, 0) is 84.9 Å². The number of carbonyl (C=O) groups excluding carboxylic acids is 1. The molecule has 10 nitrogen and oxygen atoms in total. The number of rotatable bonds is 8. The molecule has 38 heavy (non-hydrogen) atoms. The maximum atomic E-state index is 13.0. The smallest absolute Gasteiger partial charge is 0.335 e. The van der Waals surface area contributed by atoms with Crippen LogP contribution in [0.5, 0.6) is 0 Å². The van der Waals surface area contributed by atoms with Crippen LogP contribution >= 0.6 is 0 Å². The Morgan fingerprint density at radius 1 is 0.553 bits per heavy atom. The van der Waals surface area contributed by atoms with Crippen molar-refractivity contribution in [3.05, 3.63) is 109 Å². The summed E-state index contributed by atoms with van der Waals surface area (Å²) in [6, 6.07) is 23.6. The molecule has 0 bridgehead atoms. The quantitative estimate of drug-likeness (QED) is 0.248. The van der Waals surface area contributed by atoms with Crippen LogP contribution in [0.4, 0.5) is 21.9 Å². The number of urea groups is 1. The number of amides is 2. The zero-order valence-electron chi connectivity index (χ0n) is 19.5. The molecule has 4 aromatic rings. The zero-order valence-corrected chi connectivity index (χ0v) is 21.2. The second-order valence-corrected chi connectivity index (χ2v) is 11.6. The lowest BCUT2D eigenvalue weighted by molar-refractivity contribution is 0.0697. The van der Waals surface area contributed by atoms with Gasteiger partial charge in [-0.25, -0.2) is 26.4 Å². The van der Waals surface area contributed by atoms with Gasteiger partial charge in [0.1, 0.15) is 0 Å². The summed E-state index contributed by atoms with van der Waals surface area (Å²) in [5, 5.41) is 14.0. The predicted octanol–water partition coefficient (Wildman–Crippen LogP) is 4.66. The monoisotopic (exact) mass is 551 g/mol. The Labute approximate surface area is 218 Å². The van der Waals surface area contributed by atoms with E-state index in [0.29, 0.717) is 11.4 Å². The molecule has 0 aliphatic heterocycles. The molecule has 4 N–H and O–H groups in total. The van der Waals surface area contributed by atoms with Crippen molar-refractivity contribution in [3.8, 4) is 0 Å². The van der Waals surface area contributed by atoms with E-state index < -0.39 is 31.9 Å². The van der Waals surface area contributed by atoms with Crippen LogP contribution in [0.2, 0.25) is 0 Å². The van der Waals surface area contributed by atoms with E-state index in [2.05, 4.69) is 15.4 Å². The highest BCUT2D eigenvalue weighted by Gasteiger charge is 2.19. The number of benzene rings is 4. The minimum atomic E-state index is -3.91. The maximum Gasteiger partial charge on any atom is 0.335 e. The van der Waals surface area contributed by atoms with E-state index in [1.165, 1.54) is 84.9 Å². The predicted molar refractivity (Wildman–Crippen MR) is 142 cm³/mol. The van der Waals surface area contributed by atoms with Gasteiger partial charge in [-0.15, -0.1) is 0 Å². The number of sulfone groups is 1. The lowest BCUT2D eigenvalue weighted by Crippen LogP contribution is -2.19. The number of hydrogen-bond donors (Lipinski definition) is 4. The minimum Gasteiger partial charge on any atom is -0.478 e. The fraction of sp³-hybridized carbons (Fsp3) is 0. The van der Waals surface area contributed by atoms with Crippen molar-refractivity contribution < 1.29 is 31.5 Å². The van der Waals surface area contributed by atoms with E-state index in [9.17, 15) is 26.4 Å². The largest absolute Gasteiger partial charge is 0.478 e. The van der Waals surface area contributed by atoms with Gasteiger partial charge >= 0.3 is 12.0 Å². The summed E-state index contributed by atoms with van der Waals surface area (Å²) < 4.78 is 53.4. The van der Waals surface area contributed by atoms with Crippen molar-refractivity contribution >= 4 is 48.9 Å². The summed E-state index contributed by atoms with van der Waals surface area (Å²) in [6.45, 7) is 0. The molecular weight excluding hydrogens is 530 g/mol. The van der Waals surface area contributed by atoms with Crippen LogP contribution in [-0.4, -0.2) is 33.9 Å². The van der Waals surface area contributed by atoms with Gasteiger partial charge < -0.3 is 15.7 Å². The highest BCUT2D eigenvalue weighted by molar-refractivity contribution is 7.92. The molecule has 0 saturated carbocycles. The third-order valence-electron chi connectivity index (χ3n) is 5.28. The zero-order chi connectivity index (χ0) is 27.3. The Morgan fingerprint density at radius 3 is 1.47 bits per heavy atom. The Hall–Kier alpha value is -4.68. The third-order valence-corrected chi connectivity index (χ3v) is 8.47. The topological polar surface area (TPSA) is 159 Å². The first-order valence-electron chi connectivity index (χ1n) is 11.0. The first-order chi connectivity index (χ1) is 18.0. The Morgan fingerprint density at radius 2 is 1.00 bits per heavy atom. The van der Waals surface area contributed by atoms with E-state index in [1.54, 1.807) is 18.2 Å². The van der Waals surface area contributed by atoms with E-state index >= 15 is 0 Å². The van der Waals surface area contributed by atoms with Crippen LogP contribution in [0.25, 0.3) is 0 Å². The molecule has 0 aliphatic rings. The number of sulfonamides is 1. The first kappa shape index (κ1) is 26.4. The highest BCUT2D eigenvalue weighted by atomic mass is 32.2. The van der Waals surface area contributed by atoms with Crippen molar-refractivity contribution in [1.82, 2.24) is 0 Å². The molecule has 12 heteroatoms. The lowest BCUT2D eigenvalue weighted by atomic mass is 10.2. The van der Waals surface area contributed by atoms with Crippen LogP contribution in [0.1, 0.15) is 10.4 Å². The second-order valence-electron chi connectivity index (χ2n) is 7.93. The normalized spacial score (nSPS) is 11.4. The average molecular weight is 552 g/mol. The SMILES string of the molecule is O=C(Nc1ccc(C(=O)O)cc1)Nc1ccc(S(=O)(=O)c2ccc(NS(=O)(=O)c3ccccc3)cc2)cc1. The summed E-state index contributed by atoms with van der Waals surface area (Å²) in [5.41, 5.74) is 0.988. The Balaban J connectivity index is 1.41. The van der Waals surface area contributed by atoms with Gasteiger partial charge in [0.05, 0.1) is 20.2 Å². The van der Waals surface area contributed by atoms with Gasteiger partial charge in [0.25, 0.3) is 10.0 Å². The van der Waals surface area contributed by atoms with Gasteiger partial charge in [-0.3, -0.25) is 4.72 Å². The second kappa shape index (κ2) is 10.7. The van der Waals surface area contributed by atoms with E-state index in [0.717, 1.165) is 0 Å². The number of hydrogen-bond acceptors (Lipinski definition) is 6. The van der Waals surface area contributed by atoms with Crippen molar-refractivity contribution in [2.45, 2.75) is 14.7 Å². The molecule has 0 unspecified atom stereocenters. The van der Waals surface area contributed by atoms with Gasteiger partial charge in [0.15, 0.2) is 0 Å². The molecule has 0 heterocycles. The van der Waals surface area contributed by atoms with Gasteiger partial charge in [0.2, 0.25) is 9.84 Å². The fourth-order valence-electron chi connectivity index (χ4n) is 3.36. The number of aromatic carboxylic acids is 1. The molecule has 0 aromatic heterocycles. The standard InChI is InChI=1S/C26H21N3O7S2/c30-25(31)18-6-8-19(9-7-18)27-26(32)28-20-10-14-22(15-11-20)37(33,34)23-16-12-21(13-17-23)29-38(35,36)24-4-2-1-3-5-24/h1-17,29H,(H,30,31)(H2,27,28,32). The number of carboxylic acid groups (broad SMARTS) is 1. The molecule has 4 rings (SSSR count). The van der Waals surface area contributed by atoms with Crippen LogP contribution in [0.15, 0.2) is 118 Å². The molecule has 0 spiro atoms. The van der Waals surface area contributed by atoms with E-state index in [-0.39, 0.29) is 25.9 Å². The van der Waals surface area contributed by atoms with Gasteiger partial charge in [-0.2, -0.15) is 0 Å². The van der Waals surface area contributed by atoms with Gasteiger partial charge in [-0.1, -0.05) is 18.2 Å². The first-order valence-corrected chi connectivity index (χ1v) is 14.0. The molecule has 0 atom stereocenters. The fourth-order valence-corrected chi connectivity index (χ4v) is 5.70. The summed E-state index contributed by atoms with van der Waals surface area (Å²) in [7, 11) is -7.73. The molecule has 194 valence electrons. The van der Waals surface area contributed by atoms with Crippen LogP contribution in [0, 0.1) is 0 Å². The number of carbonyl (C=O) groups is 2. The van der Waals surface area contributed by atoms with E-state index in [4.69, 9.17) is 5.11 Å². The molecule has 0 aliphatic carbocycles. The summed E-state index contributed by atoms with van der Waals surface area (Å²) >= 11 is 0. The highest BCUT2D eigenvalue weighted by Crippen LogP contribution is 2.25. The van der Waals surface area contributed by atoms with Crippen molar-refractivity contribution in [2.75, 3.05) is 15.4 Å². The summed E-state index contributed by atoms with van der Waals surface area (Å²) in [5.74, 6) is -1.08. The molecule has 2 amide bonds. The molecule has 0 radical (unpaired) electrons. The average Bonchev–Trinajstić information content (AvgIpc) is 2.90. The molecule has 4 aromatic carbocycles. The summed E-state index contributed by atoms with van der Waals surface area (Å²) in [6.07, 6.45) is 0. The van der Waals surface area contributed by atoms with Crippen LogP contribution in [-0.2, 0) is 19.9 Å². The number of nitrogens with one attached hydrogen (secondary N) is 3.